The molecule has 3 atom stereocenters. The van der Waals surface area contributed by atoms with Gasteiger partial charge in [0.1, 0.15) is 0 Å². The lowest BCUT2D eigenvalue weighted by atomic mass is 9.59. The van der Waals surface area contributed by atoms with Crippen LogP contribution in [0.25, 0.3) is 0 Å². The second-order valence-corrected chi connectivity index (χ2v) is 13.1. The van der Waals surface area contributed by atoms with Crippen molar-refractivity contribution in [2.75, 3.05) is 7.11 Å². The summed E-state index contributed by atoms with van der Waals surface area (Å²) in [6.07, 6.45) is 6.42. The van der Waals surface area contributed by atoms with Gasteiger partial charge in [-0.05, 0) is 43.3 Å². The van der Waals surface area contributed by atoms with Crippen LogP contribution in [0.1, 0.15) is 46.5 Å². The van der Waals surface area contributed by atoms with Gasteiger partial charge in [0, 0.05) is 6.42 Å². The van der Waals surface area contributed by atoms with E-state index in [1.165, 1.54) is 7.11 Å². The Labute approximate surface area is 140 Å². The summed E-state index contributed by atoms with van der Waals surface area (Å²) in [6.45, 7) is 10.8. The Morgan fingerprint density at radius 1 is 1.35 bits per heavy atom. The van der Waals surface area contributed by atoms with Gasteiger partial charge in [-0.3, -0.25) is 9.59 Å². The summed E-state index contributed by atoms with van der Waals surface area (Å²) >= 11 is 0. The molecular formula is C18H30O4Si. The van der Waals surface area contributed by atoms with Gasteiger partial charge in [0.25, 0.3) is 0 Å². The summed E-state index contributed by atoms with van der Waals surface area (Å²) in [6, 6.07) is 0. The fraction of sp³-hybridized carbons (Fsp3) is 0.778. The molecule has 0 saturated heterocycles. The predicted octanol–water partition coefficient (Wildman–Crippen LogP) is 3.87. The van der Waals surface area contributed by atoms with Gasteiger partial charge in [-0.15, -0.1) is 0 Å². The Morgan fingerprint density at radius 3 is 2.57 bits per heavy atom. The summed E-state index contributed by atoms with van der Waals surface area (Å²) in [5.74, 6) is -0.426. The Bertz CT molecular complexity index is 508. The highest BCUT2D eigenvalue weighted by Gasteiger charge is 2.61. The molecule has 0 heterocycles. The Kier molecular flexibility index (Phi) is 4.93. The maximum atomic E-state index is 12.9. The Balaban J connectivity index is 2.47. The summed E-state index contributed by atoms with van der Waals surface area (Å²) in [7, 11) is -0.742. The number of hydrogen-bond donors (Lipinski definition) is 0. The first kappa shape index (κ1) is 18.4. The van der Waals surface area contributed by atoms with Gasteiger partial charge < -0.3 is 9.16 Å². The molecule has 0 aromatic heterocycles. The molecule has 0 amide bonds. The maximum Gasteiger partial charge on any atom is 0.322 e. The van der Waals surface area contributed by atoms with Crippen molar-refractivity contribution < 1.29 is 18.8 Å². The van der Waals surface area contributed by atoms with Crippen LogP contribution in [-0.4, -0.2) is 33.3 Å². The maximum absolute atomic E-state index is 12.9. The second kappa shape index (κ2) is 6.17. The number of allylic oxidation sites excluding steroid dienone is 1. The van der Waals surface area contributed by atoms with E-state index in [-0.39, 0.29) is 16.7 Å². The molecule has 23 heavy (non-hydrogen) atoms. The number of Topliss-reactive ketones (excluding diaryl/α,β-unsaturated/α-hetero) is 1. The van der Waals surface area contributed by atoms with E-state index in [9.17, 15) is 9.59 Å². The number of carbonyl (C=O) groups excluding carboxylic acids is 2. The number of rotatable bonds is 3. The van der Waals surface area contributed by atoms with Crippen LogP contribution in [0.4, 0.5) is 0 Å². The second-order valence-electron chi connectivity index (χ2n) is 8.34. The number of methoxy groups -OCH3 is 1. The topological polar surface area (TPSA) is 52.6 Å². The zero-order valence-electron chi connectivity index (χ0n) is 15.3. The highest BCUT2D eigenvalue weighted by molar-refractivity contribution is 6.74. The fourth-order valence-corrected chi connectivity index (χ4v) is 4.83. The van der Waals surface area contributed by atoms with Crippen LogP contribution in [0.3, 0.4) is 0 Å². The third kappa shape index (κ3) is 2.93. The minimum Gasteiger partial charge on any atom is -0.468 e. The number of fused-ring (bicyclic) bond motifs is 1. The van der Waals surface area contributed by atoms with Crippen molar-refractivity contribution in [3.05, 3.63) is 12.2 Å². The summed E-state index contributed by atoms with van der Waals surface area (Å²) in [4.78, 5) is 25.6. The molecule has 0 unspecified atom stereocenters. The lowest BCUT2D eigenvalue weighted by molar-refractivity contribution is -0.172. The molecule has 2 aliphatic carbocycles. The van der Waals surface area contributed by atoms with E-state index in [2.05, 4.69) is 39.9 Å². The van der Waals surface area contributed by atoms with Gasteiger partial charge in [0.15, 0.2) is 19.5 Å². The summed E-state index contributed by atoms with van der Waals surface area (Å²) in [5.41, 5.74) is -1.14. The van der Waals surface area contributed by atoms with Gasteiger partial charge in [-0.25, -0.2) is 0 Å². The van der Waals surface area contributed by atoms with E-state index in [4.69, 9.17) is 9.16 Å². The molecule has 0 bridgehead atoms. The first-order valence-corrected chi connectivity index (χ1v) is 11.4. The van der Waals surface area contributed by atoms with Gasteiger partial charge in [0.2, 0.25) is 0 Å². The third-order valence-electron chi connectivity index (χ3n) is 5.99. The van der Waals surface area contributed by atoms with Gasteiger partial charge in [0.05, 0.1) is 13.2 Å². The average molecular weight is 339 g/mol. The molecule has 1 saturated carbocycles. The molecule has 1 fully saturated rings. The Morgan fingerprint density at radius 2 is 2.00 bits per heavy atom. The van der Waals surface area contributed by atoms with E-state index in [0.29, 0.717) is 6.42 Å². The number of ether oxygens (including phenoxy) is 1. The van der Waals surface area contributed by atoms with E-state index in [1.54, 1.807) is 0 Å². The molecule has 4 nitrogen and oxygen atoms in total. The lowest BCUT2D eigenvalue weighted by Crippen LogP contribution is -2.60. The van der Waals surface area contributed by atoms with E-state index >= 15 is 0 Å². The molecule has 2 rings (SSSR count). The SMILES string of the molecule is COC(=O)[C@]12C(=O)CCC[C@H]1CC=C[C@H]2O[Si](C)(C)C(C)(C)C. The van der Waals surface area contributed by atoms with Crippen molar-refractivity contribution in [2.45, 2.75) is 70.7 Å². The number of esters is 1. The predicted molar refractivity (Wildman–Crippen MR) is 92.6 cm³/mol. The molecule has 130 valence electrons. The van der Waals surface area contributed by atoms with Crippen molar-refractivity contribution in [3.8, 4) is 0 Å². The molecule has 5 heteroatoms. The molecule has 0 aromatic rings. The summed E-state index contributed by atoms with van der Waals surface area (Å²) in [5, 5.41) is 0.0167. The molecule has 0 aliphatic heterocycles. The smallest absolute Gasteiger partial charge is 0.322 e. The monoisotopic (exact) mass is 338 g/mol. The van der Waals surface area contributed by atoms with Gasteiger partial charge in [-0.2, -0.15) is 0 Å². The molecule has 0 spiro atoms. The average Bonchev–Trinajstić information content (AvgIpc) is 2.45. The van der Waals surface area contributed by atoms with Crippen molar-refractivity contribution in [1.82, 2.24) is 0 Å². The van der Waals surface area contributed by atoms with E-state index < -0.39 is 25.8 Å². The van der Waals surface area contributed by atoms with Crippen LogP contribution in [-0.2, 0) is 18.8 Å². The first-order valence-electron chi connectivity index (χ1n) is 8.53. The largest absolute Gasteiger partial charge is 0.468 e. The highest BCUT2D eigenvalue weighted by atomic mass is 28.4. The zero-order chi connectivity index (χ0) is 17.5. The highest BCUT2D eigenvalue weighted by Crippen LogP contribution is 2.50. The first-order chi connectivity index (χ1) is 10.6. The lowest BCUT2D eigenvalue weighted by Gasteiger charge is -2.49. The number of hydrogen-bond acceptors (Lipinski definition) is 4. The van der Waals surface area contributed by atoms with Crippen LogP contribution < -0.4 is 0 Å². The van der Waals surface area contributed by atoms with E-state index in [1.807, 2.05) is 6.08 Å². The van der Waals surface area contributed by atoms with Crippen molar-refractivity contribution in [2.24, 2.45) is 11.3 Å². The fourth-order valence-electron chi connectivity index (χ4n) is 3.58. The molecule has 0 aromatic carbocycles. The van der Waals surface area contributed by atoms with Gasteiger partial charge >= 0.3 is 5.97 Å². The van der Waals surface area contributed by atoms with Gasteiger partial charge in [-0.1, -0.05) is 32.9 Å². The van der Waals surface area contributed by atoms with Crippen LogP contribution >= 0.6 is 0 Å². The van der Waals surface area contributed by atoms with Crippen molar-refractivity contribution >= 4 is 20.1 Å². The molecule has 0 radical (unpaired) electrons. The zero-order valence-corrected chi connectivity index (χ0v) is 16.3. The minimum absolute atomic E-state index is 0.00373. The normalized spacial score (nSPS) is 31.7. The van der Waals surface area contributed by atoms with Crippen molar-refractivity contribution in [1.29, 1.82) is 0 Å². The number of ketones is 1. The standard InChI is InChI=1S/C18H30O4Si/c1-17(2,3)23(5,6)22-15-12-8-10-13-9-7-11-14(19)18(13,15)16(20)21-4/h8,12-13,15H,7,9-11H2,1-6H3/t13-,15+,18-/m0/s1. The molecule has 2 aliphatic rings. The van der Waals surface area contributed by atoms with Crippen LogP contribution in [0, 0.1) is 11.3 Å². The molecule has 0 N–H and O–H groups in total. The minimum atomic E-state index is -2.12. The summed E-state index contributed by atoms with van der Waals surface area (Å²) < 4.78 is 11.6. The number of carbonyl (C=O) groups is 2. The molecular weight excluding hydrogens is 308 g/mol. The van der Waals surface area contributed by atoms with Crippen molar-refractivity contribution in [3.63, 3.8) is 0 Å². The van der Waals surface area contributed by atoms with Crippen LogP contribution in [0.2, 0.25) is 18.1 Å². The van der Waals surface area contributed by atoms with E-state index in [0.717, 1.165) is 19.3 Å². The quantitative estimate of drug-likeness (QED) is 0.339. The van der Waals surface area contributed by atoms with Crippen LogP contribution in [0.5, 0.6) is 0 Å². The van der Waals surface area contributed by atoms with Crippen LogP contribution in [0.15, 0.2) is 12.2 Å². The third-order valence-corrected chi connectivity index (χ3v) is 10.4. The Hall–Kier alpha value is -0.943.